The Balaban J connectivity index is 1.76. The summed E-state index contributed by atoms with van der Waals surface area (Å²) in [6.07, 6.45) is 6.64. The summed E-state index contributed by atoms with van der Waals surface area (Å²) in [7, 11) is 0. The predicted octanol–water partition coefficient (Wildman–Crippen LogP) is 4.62. The van der Waals surface area contributed by atoms with Crippen LogP contribution in [0, 0.1) is 11.8 Å². The van der Waals surface area contributed by atoms with Crippen molar-refractivity contribution in [2.45, 2.75) is 67.5 Å². The van der Waals surface area contributed by atoms with E-state index in [9.17, 15) is 19.5 Å². The molecule has 206 valence electrons. The summed E-state index contributed by atoms with van der Waals surface area (Å²) in [4.78, 5) is 45.4. The van der Waals surface area contributed by atoms with Crippen LogP contribution in [-0.2, 0) is 19.1 Å². The van der Waals surface area contributed by atoms with E-state index >= 15 is 0 Å². The van der Waals surface area contributed by atoms with Crippen molar-refractivity contribution in [3.8, 4) is 0 Å². The summed E-state index contributed by atoms with van der Waals surface area (Å²) in [5.41, 5.74) is 0.644. The molecule has 1 spiro atoms. The number of hydrogen-bond acceptors (Lipinski definition) is 6. The van der Waals surface area contributed by atoms with E-state index in [2.05, 4.69) is 13.2 Å². The van der Waals surface area contributed by atoms with E-state index in [-0.39, 0.29) is 37.5 Å². The normalized spacial score (nSPS) is 30.2. The van der Waals surface area contributed by atoms with E-state index in [0.717, 1.165) is 6.42 Å². The topological polar surface area (TPSA) is 87.1 Å². The highest BCUT2D eigenvalue weighted by molar-refractivity contribution is 8.02. The van der Waals surface area contributed by atoms with E-state index in [1.54, 1.807) is 58.0 Å². The first-order valence-electron chi connectivity index (χ1n) is 13.3. The van der Waals surface area contributed by atoms with Gasteiger partial charge in [0.15, 0.2) is 0 Å². The molecule has 7 nitrogen and oxygen atoms in total. The third-order valence-corrected chi connectivity index (χ3v) is 10.5. The lowest BCUT2D eigenvalue weighted by Gasteiger charge is -2.39. The van der Waals surface area contributed by atoms with Crippen LogP contribution in [0.1, 0.15) is 46.0 Å². The fraction of sp³-hybridized carbons (Fsp3) is 0.552. The molecule has 6 atom stereocenters. The molecule has 0 saturated carbocycles. The number of halogens is 1. The number of anilines is 1. The van der Waals surface area contributed by atoms with E-state index in [1.165, 1.54) is 0 Å². The van der Waals surface area contributed by atoms with Gasteiger partial charge in [-0.2, -0.15) is 0 Å². The number of allylic oxidation sites excluding steroid dienone is 1. The zero-order chi connectivity index (χ0) is 27.7. The highest BCUT2D eigenvalue weighted by Gasteiger charge is 2.78. The molecule has 3 heterocycles. The van der Waals surface area contributed by atoms with Crippen molar-refractivity contribution in [3.63, 3.8) is 0 Å². The van der Waals surface area contributed by atoms with Crippen LogP contribution in [0.3, 0.4) is 0 Å². The number of rotatable bonds is 12. The zero-order valence-electron chi connectivity index (χ0n) is 22.1. The average molecular weight is 561 g/mol. The Morgan fingerprint density at radius 1 is 1.29 bits per heavy atom. The third kappa shape index (κ3) is 4.69. The second-order valence-corrected chi connectivity index (χ2v) is 12.9. The number of carbonyl (C=O) groups excluding carboxylic acids is 3. The molecule has 2 unspecified atom stereocenters. The molecule has 2 amide bonds. The largest absolute Gasteiger partial charge is 0.465 e. The van der Waals surface area contributed by atoms with Crippen LogP contribution < -0.4 is 4.90 Å². The monoisotopic (exact) mass is 560 g/mol. The van der Waals surface area contributed by atoms with Crippen LogP contribution in [-0.4, -0.2) is 69.1 Å². The predicted molar refractivity (Wildman–Crippen MR) is 151 cm³/mol. The molecule has 3 saturated heterocycles. The number of carbonyl (C=O) groups is 3. The lowest BCUT2D eigenvalue weighted by atomic mass is 9.66. The number of unbranched alkanes of at least 4 members (excludes halogenated alkanes) is 1. The second-order valence-electron chi connectivity index (χ2n) is 10.5. The van der Waals surface area contributed by atoms with Gasteiger partial charge in [0.05, 0.1) is 35.8 Å². The van der Waals surface area contributed by atoms with Crippen LogP contribution in [0.5, 0.6) is 0 Å². The van der Waals surface area contributed by atoms with E-state index in [0.29, 0.717) is 36.4 Å². The first-order valence-corrected chi connectivity index (χ1v) is 14.5. The number of aliphatic hydroxyl groups excluding tert-OH is 1. The molecule has 38 heavy (non-hydrogen) atoms. The van der Waals surface area contributed by atoms with E-state index in [4.69, 9.17) is 16.3 Å². The molecule has 2 bridgehead atoms. The Bertz CT molecular complexity index is 1090. The smallest absolute Gasteiger partial charge is 0.311 e. The first-order chi connectivity index (χ1) is 18.2. The number of likely N-dealkylation sites (tertiary alicyclic amines) is 1. The van der Waals surface area contributed by atoms with Gasteiger partial charge >= 0.3 is 5.97 Å². The van der Waals surface area contributed by atoms with Gasteiger partial charge in [0.1, 0.15) is 6.04 Å². The lowest BCUT2D eigenvalue weighted by Crippen LogP contribution is -2.57. The van der Waals surface area contributed by atoms with Crippen molar-refractivity contribution in [1.82, 2.24) is 4.90 Å². The highest BCUT2D eigenvalue weighted by atomic mass is 35.5. The number of nitrogens with zero attached hydrogens (tertiary/aromatic N) is 2. The van der Waals surface area contributed by atoms with E-state index in [1.807, 2.05) is 13.8 Å². The van der Waals surface area contributed by atoms with Crippen LogP contribution >= 0.6 is 23.4 Å². The Hall–Kier alpha value is -2.29. The number of fused-ring (bicyclic) bond motifs is 1. The minimum absolute atomic E-state index is 0.242. The van der Waals surface area contributed by atoms with Crippen LogP contribution in [0.15, 0.2) is 49.6 Å². The van der Waals surface area contributed by atoms with Crippen molar-refractivity contribution >= 4 is 46.8 Å². The van der Waals surface area contributed by atoms with Crippen LogP contribution in [0.4, 0.5) is 5.69 Å². The summed E-state index contributed by atoms with van der Waals surface area (Å²) in [6.45, 7) is 11.7. The van der Waals surface area contributed by atoms with Gasteiger partial charge < -0.3 is 19.6 Å². The molecule has 3 aliphatic rings. The number of thioether (sulfide) groups is 1. The summed E-state index contributed by atoms with van der Waals surface area (Å²) < 4.78 is 4.37. The van der Waals surface area contributed by atoms with Crippen molar-refractivity contribution in [2.75, 3.05) is 24.7 Å². The lowest BCUT2D eigenvalue weighted by molar-refractivity contribution is -0.156. The minimum Gasteiger partial charge on any atom is -0.465 e. The summed E-state index contributed by atoms with van der Waals surface area (Å²) in [6, 6.07) is 5.61. The second kappa shape index (κ2) is 11.4. The molecule has 0 radical (unpaired) electrons. The maximum Gasteiger partial charge on any atom is 0.311 e. The summed E-state index contributed by atoms with van der Waals surface area (Å²) in [5, 5.41) is 10.8. The average Bonchev–Trinajstić information content (AvgIpc) is 3.47. The van der Waals surface area contributed by atoms with E-state index < -0.39 is 33.4 Å². The molecule has 0 aromatic heterocycles. The summed E-state index contributed by atoms with van der Waals surface area (Å²) >= 11 is 7.69. The molecule has 4 rings (SSSR count). The van der Waals surface area contributed by atoms with Gasteiger partial charge in [0.2, 0.25) is 5.91 Å². The van der Waals surface area contributed by atoms with Crippen molar-refractivity contribution in [2.24, 2.45) is 11.8 Å². The molecular weight excluding hydrogens is 524 g/mol. The van der Waals surface area contributed by atoms with Gasteiger partial charge in [-0.05, 0) is 63.3 Å². The molecule has 9 heteroatoms. The Labute approximate surface area is 234 Å². The van der Waals surface area contributed by atoms with Gasteiger partial charge in [0, 0.05) is 22.0 Å². The Morgan fingerprint density at radius 3 is 2.61 bits per heavy atom. The van der Waals surface area contributed by atoms with Gasteiger partial charge in [0.25, 0.3) is 5.91 Å². The number of amides is 2. The molecule has 3 fully saturated rings. The Morgan fingerprint density at radius 2 is 2.00 bits per heavy atom. The highest BCUT2D eigenvalue weighted by Crippen LogP contribution is 2.71. The quantitative estimate of drug-likeness (QED) is 0.228. The molecule has 1 N–H and O–H groups in total. The van der Waals surface area contributed by atoms with Crippen LogP contribution in [0.25, 0.3) is 0 Å². The molecule has 3 aliphatic heterocycles. The standard InChI is InChI=1S/C29H37ClN2O5S/c1-5-8-9-17-37-27(36)23-22-25(34)32(20(7-3)18-33)24(29(22)15-14-28(23,4)38-29)26(35)31(16-6-2)21-12-10-19(30)11-13-21/h5-6,10-13,20,22-24,33H,1-2,7-9,14-18H2,3-4H3/t20-,22-,23+,24?,28-,29?/m0/s1. The maximum atomic E-state index is 14.5. The SMILES string of the molecule is C=CCCCOC(=O)[C@H]1[C@H]2C(=O)N([C@@H](CC)CO)C(C(=O)N(CC=C)c3ccc(Cl)cc3)C23CC[C@]1(C)S3. The molecule has 0 aliphatic carbocycles. The summed E-state index contributed by atoms with van der Waals surface area (Å²) in [5.74, 6) is -2.22. The van der Waals surface area contributed by atoms with Gasteiger partial charge in [-0.25, -0.2) is 0 Å². The number of benzene rings is 1. The first kappa shape index (κ1) is 28.7. The number of esters is 1. The molecular formula is C29H37ClN2O5S. The number of hydrogen-bond donors (Lipinski definition) is 1. The fourth-order valence-electron chi connectivity index (χ4n) is 6.52. The van der Waals surface area contributed by atoms with Gasteiger partial charge in [-0.15, -0.1) is 24.9 Å². The van der Waals surface area contributed by atoms with Crippen LogP contribution in [0.2, 0.25) is 5.02 Å². The van der Waals surface area contributed by atoms with Gasteiger partial charge in [-0.1, -0.05) is 30.7 Å². The zero-order valence-corrected chi connectivity index (χ0v) is 23.7. The minimum atomic E-state index is -0.835. The van der Waals surface area contributed by atoms with Crippen molar-refractivity contribution < 1.29 is 24.2 Å². The molecule has 1 aromatic rings. The third-order valence-electron chi connectivity index (χ3n) is 8.29. The molecule has 1 aromatic carbocycles. The number of aliphatic hydroxyl groups is 1. The van der Waals surface area contributed by atoms with Crippen molar-refractivity contribution in [3.05, 3.63) is 54.6 Å². The van der Waals surface area contributed by atoms with Gasteiger partial charge in [-0.3, -0.25) is 14.4 Å². The number of ether oxygens (including phenoxy) is 1. The fourth-order valence-corrected chi connectivity index (χ4v) is 8.97. The maximum absolute atomic E-state index is 14.5. The Kier molecular flexibility index (Phi) is 8.65. The van der Waals surface area contributed by atoms with Crippen molar-refractivity contribution in [1.29, 1.82) is 0 Å².